The predicted molar refractivity (Wildman–Crippen MR) is 104 cm³/mol. The molecular formula is C21H27N3O2. The zero-order chi connectivity index (χ0) is 18.2. The number of carbonyl (C=O) groups is 1. The number of nitrogens with zero attached hydrogens (tertiary/aromatic N) is 1. The summed E-state index contributed by atoms with van der Waals surface area (Å²) in [5.41, 5.74) is 2.20. The maximum Gasteiger partial charge on any atom is 0.253 e. The van der Waals surface area contributed by atoms with Crippen molar-refractivity contribution < 1.29 is 9.53 Å². The second-order valence-corrected chi connectivity index (χ2v) is 6.68. The molecule has 0 atom stereocenters. The van der Waals surface area contributed by atoms with E-state index in [1.165, 1.54) is 25.7 Å². The Bertz CT molecular complexity index is 725. The fourth-order valence-corrected chi connectivity index (χ4v) is 3.33. The lowest BCUT2D eigenvalue weighted by atomic mass is 10.1. The summed E-state index contributed by atoms with van der Waals surface area (Å²) in [6.07, 6.45) is 10.4. The van der Waals surface area contributed by atoms with Gasteiger partial charge in [-0.1, -0.05) is 37.8 Å². The van der Waals surface area contributed by atoms with Crippen LogP contribution in [0.25, 0.3) is 0 Å². The van der Waals surface area contributed by atoms with Crippen molar-refractivity contribution in [1.29, 1.82) is 0 Å². The van der Waals surface area contributed by atoms with Crippen LogP contribution in [0, 0.1) is 0 Å². The van der Waals surface area contributed by atoms with Gasteiger partial charge in [0.05, 0.1) is 29.7 Å². The molecule has 0 saturated heterocycles. The van der Waals surface area contributed by atoms with Crippen molar-refractivity contribution >= 4 is 17.3 Å². The number of amides is 1. The van der Waals surface area contributed by atoms with E-state index < -0.39 is 0 Å². The molecule has 1 aliphatic rings. The molecule has 0 radical (unpaired) electrons. The number of para-hydroxylation sites is 2. The third kappa shape index (κ3) is 4.97. The van der Waals surface area contributed by atoms with Gasteiger partial charge in [-0.25, -0.2) is 0 Å². The van der Waals surface area contributed by atoms with E-state index in [9.17, 15) is 4.79 Å². The number of rotatable bonds is 6. The van der Waals surface area contributed by atoms with Crippen LogP contribution in [0.5, 0.6) is 5.75 Å². The van der Waals surface area contributed by atoms with Crippen LogP contribution in [0.15, 0.2) is 42.7 Å². The first-order chi connectivity index (χ1) is 12.8. The highest BCUT2D eigenvalue weighted by Crippen LogP contribution is 2.27. The van der Waals surface area contributed by atoms with E-state index in [-0.39, 0.29) is 11.9 Å². The van der Waals surface area contributed by atoms with E-state index in [0.717, 1.165) is 30.0 Å². The first kappa shape index (κ1) is 18.2. The molecule has 0 bridgehead atoms. The molecule has 3 rings (SSSR count). The minimum atomic E-state index is -0.0499. The van der Waals surface area contributed by atoms with Gasteiger partial charge >= 0.3 is 0 Å². The van der Waals surface area contributed by atoms with Crippen LogP contribution in [-0.4, -0.2) is 23.5 Å². The lowest BCUT2D eigenvalue weighted by Gasteiger charge is -2.16. The molecular weight excluding hydrogens is 326 g/mol. The van der Waals surface area contributed by atoms with Gasteiger partial charge in [0.15, 0.2) is 0 Å². The number of ether oxygens (including phenoxy) is 1. The molecule has 1 aromatic heterocycles. The summed E-state index contributed by atoms with van der Waals surface area (Å²) >= 11 is 0. The quantitative estimate of drug-likeness (QED) is 0.740. The van der Waals surface area contributed by atoms with E-state index in [1.807, 2.05) is 37.3 Å². The van der Waals surface area contributed by atoms with Crippen molar-refractivity contribution in [1.82, 2.24) is 10.3 Å². The summed E-state index contributed by atoms with van der Waals surface area (Å²) < 4.78 is 5.64. The predicted octanol–water partition coefficient (Wildman–Crippen LogP) is 4.68. The van der Waals surface area contributed by atoms with Gasteiger partial charge in [-0.05, 0) is 38.0 Å². The fourth-order valence-electron chi connectivity index (χ4n) is 3.33. The van der Waals surface area contributed by atoms with Gasteiger partial charge < -0.3 is 15.4 Å². The minimum absolute atomic E-state index is 0.0499. The Kier molecular flexibility index (Phi) is 6.47. The van der Waals surface area contributed by atoms with Crippen molar-refractivity contribution in [3.05, 3.63) is 48.3 Å². The van der Waals surface area contributed by atoms with Crippen LogP contribution in [0.2, 0.25) is 0 Å². The number of carbonyl (C=O) groups excluding carboxylic acids is 1. The molecule has 2 N–H and O–H groups in total. The second kappa shape index (κ2) is 9.22. The molecule has 5 nitrogen and oxygen atoms in total. The van der Waals surface area contributed by atoms with E-state index in [4.69, 9.17) is 4.74 Å². The van der Waals surface area contributed by atoms with Crippen molar-refractivity contribution in [2.45, 2.75) is 51.5 Å². The third-order valence-electron chi connectivity index (χ3n) is 4.66. The Balaban J connectivity index is 1.69. The normalized spacial score (nSPS) is 15.1. The summed E-state index contributed by atoms with van der Waals surface area (Å²) in [6.45, 7) is 2.55. The molecule has 5 heteroatoms. The Morgan fingerprint density at radius 3 is 2.69 bits per heavy atom. The lowest BCUT2D eigenvalue weighted by Crippen LogP contribution is -2.34. The first-order valence-corrected chi connectivity index (χ1v) is 9.51. The van der Waals surface area contributed by atoms with Gasteiger partial charge in [0, 0.05) is 12.2 Å². The third-order valence-corrected chi connectivity index (χ3v) is 4.66. The maximum atomic E-state index is 12.6. The highest BCUT2D eigenvalue weighted by molar-refractivity contribution is 5.95. The molecule has 1 saturated carbocycles. The molecule has 1 aromatic carbocycles. The van der Waals surface area contributed by atoms with E-state index >= 15 is 0 Å². The van der Waals surface area contributed by atoms with E-state index in [2.05, 4.69) is 15.6 Å². The van der Waals surface area contributed by atoms with Gasteiger partial charge in [0.1, 0.15) is 5.75 Å². The van der Waals surface area contributed by atoms with Gasteiger partial charge in [0.2, 0.25) is 0 Å². The topological polar surface area (TPSA) is 63.2 Å². The van der Waals surface area contributed by atoms with E-state index in [1.54, 1.807) is 12.4 Å². The van der Waals surface area contributed by atoms with Crippen LogP contribution < -0.4 is 15.4 Å². The molecule has 138 valence electrons. The number of hydrogen-bond acceptors (Lipinski definition) is 4. The van der Waals surface area contributed by atoms with Crippen molar-refractivity contribution in [2.24, 2.45) is 0 Å². The Hall–Kier alpha value is -2.56. The molecule has 2 aromatic rings. The number of anilines is 2. The molecule has 26 heavy (non-hydrogen) atoms. The average Bonchev–Trinajstić information content (AvgIpc) is 2.92. The average molecular weight is 353 g/mol. The molecule has 1 heterocycles. The summed E-state index contributed by atoms with van der Waals surface area (Å²) in [5, 5.41) is 6.47. The highest BCUT2D eigenvalue weighted by atomic mass is 16.5. The first-order valence-electron chi connectivity index (χ1n) is 9.51. The fraction of sp³-hybridized carbons (Fsp3) is 0.429. The van der Waals surface area contributed by atoms with Crippen molar-refractivity contribution in [3.8, 4) is 5.75 Å². The highest BCUT2D eigenvalue weighted by Gasteiger charge is 2.16. The molecule has 1 amide bonds. The van der Waals surface area contributed by atoms with Crippen molar-refractivity contribution in [2.75, 3.05) is 11.9 Å². The molecule has 1 fully saturated rings. The number of aromatic nitrogens is 1. The SMILES string of the molecule is CCOc1ccccc1Nc1cncc(C(=O)NC2CCCCCC2)c1. The van der Waals surface area contributed by atoms with Crippen LogP contribution in [0.1, 0.15) is 55.8 Å². The smallest absolute Gasteiger partial charge is 0.253 e. The lowest BCUT2D eigenvalue weighted by molar-refractivity contribution is 0.0933. The summed E-state index contributed by atoms with van der Waals surface area (Å²) in [5.74, 6) is 0.731. The number of benzene rings is 1. The largest absolute Gasteiger partial charge is 0.492 e. The maximum absolute atomic E-state index is 12.6. The van der Waals surface area contributed by atoms with Crippen LogP contribution in [0.3, 0.4) is 0 Å². The monoisotopic (exact) mass is 353 g/mol. The Morgan fingerprint density at radius 1 is 1.15 bits per heavy atom. The second-order valence-electron chi connectivity index (χ2n) is 6.68. The zero-order valence-electron chi connectivity index (χ0n) is 15.3. The molecule has 1 aliphatic carbocycles. The molecule has 0 spiro atoms. The van der Waals surface area contributed by atoms with Gasteiger partial charge in [-0.3, -0.25) is 9.78 Å². The van der Waals surface area contributed by atoms with Crippen LogP contribution in [-0.2, 0) is 0 Å². The molecule has 0 unspecified atom stereocenters. The number of hydrogen-bond donors (Lipinski definition) is 2. The minimum Gasteiger partial charge on any atom is -0.492 e. The van der Waals surface area contributed by atoms with Gasteiger partial charge in [-0.15, -0.1) is 0 Å². The van der Waals surface area contributed by atoms with Crippen LogP contribution >= 0.6 is 0 Å². The standard InChI is InChI=1S/C21H27N3O2/c1-2-26-20-12-8-7-11-19(20)23-18-13-16(14-22-15-18)21(25)24-17-9-5-3-4-6-10-17/h7-8,11-15,17,23H,2-6,9-10H2,1H3,(H,24,25). The summed E-state index contributed by atoms with van der Waals surface area (Å²) in [6, 6.07) is 9.86. The summed E-state index contributed by atoms with van der Waals surface area (Å²) in [4.78, 5) is 16.8. The zero-order valence-corrected chi connectivity index (χ0v) is 15.3. The van der Waals surface area contributed by atoms with E-state index in [0.29, 0.717) is 12.2 Å². The Morgan fingerprint density at radius 2 is 1.92 bits per heavy atom. The van der Waals surface area contributed by atoms with Crippen molar-refractivity contribution in [3.63, 3.8) is 0 Å². The molecule has 0 aliphatic heterocycles. The van der Waals surface area contributed by atoms with Crippen LogP contribution in [0.4, 0.5) is 11.4 Å². The summed E-state index contributed by atoms with van der Waals surface area (Å²) in [7, 11) is 0. The number of pyridine rings is 1. The number of nitrogens with one attached hydrogen (secondary N) is 2. The van der Waals surface area contributed by atoms with Gasteiger partial charge in [0.25, 0.3) is 5.91 Å². The Labute approximate surface area is 155 Å². The van der Waals surface area contributed by atoms with Gasteiger partial charge in [-0.2, -0.15) is 0 Å².